The number of aryl methyl sites for hydroxylation is 1. The number of hydrogen-bond acceptors (Lipinski definition) is 4. The van der Waals surface area contributed by atoms with Crippen LogP contribution in [-0.4, -0.2) is 18.0 Å². The van der Waals surface area contributed by atoms with Gasteiger partial charge in [0, 0.05) is 11.6 Å². The zero-order valence-electron chi connectivity index (χ0n) is 12.5. The molecule has 0 atom stereocenters. The largest absolute Gasteiger partial charge is 0.497 e. The van der Waals surface area contributed by atoms with Crippen molar-refractivity contribution in [1.29, 1.82) is 0 Å². The minimum atomic E-state index is 0.450. The Morgan fingerprint density at radius 3 is 2.62 bits per heavy atom. The third-order valence-electron chi connectivity index (χ3n) is 3.37. The molecule has 0 bridgehead atoms. The van der Waals surface area contributed by atoms with E-state index in [1.165, 1.54) is 5.56 Å². The first kappa shape index (κ1) is 14.9. The van der Waals surface area contributed by atoms with Gasteiger partial charge in [0.05, 0.1) is 12.8 Å². The molecule has 0 aliphatic carbocycles. The van der Waals surface area contributed by atoms with Crippen LogP contribution in [0, 0.1) is 6.92 Å². The number of hydrogen-bond donors (Lipinski definition) is 1. The van der Waals surface area contributed by atoms with Gasteiger partial charge in [-0.25, -0.2) is 0 Å². The molecule has 2 rings (SSSR count). The summed E-state index contributed by atoms with van der Waals surface area (Å²) in [5.74, 6) is 1.33. The smallest absolute Gasteiger partial charge is 0.132 e. The predicted molar refractivity (Wildman–Crippen MR) is 82.5 cm³/mol. The highest BCUT2D eigenvalue weighted by Gasteiger charge is 2.10. The maximum atomic E-state index is 8.97. The lowest BCUT2D eigenvalue weighted by Gasteiger charge is -2.13. The number of benzene rings is 2. The molecule has 0 aliphatic heterocycles. The molecule has 0 fully saturated rings. The minimum absolute atomic E-state index is 0.450. The van der Waals surface area contributed by atoms with Crippen molar-refractivity contribution < 1.29 is 14.7 Å². The number of rotatable bonds is 5. The van der Waals surface area contributed by atoms with Gasteiger partial charge in [-0.2, -0.15) is 0 Å². The summed E-state index contributed by atoms with van der Waals surface area (Å²) < 4.78 is 11.1. The number of methoxy groups -OCH3 is 1. The molecule has 110 valence electrons. The standard InChI is InChI=1S/C17H19NO3/c1-12-6-4-5-7-14(12)11-21-17-10-15(20-3)8-9-16(17)13(2)18-19/h4-10,19H,11H2,1-3H3/b18-13+. The second-order valence-electron chi connectivity index (χ2n) is 4.76. The highest BCUT2D eigenvalue weighted by atomic mass is 16.5. The SMILES string of the molecule is COc1ccc(/C(C)=N/O)c(OCc2ccccc2C)c1. The van der Waals surface area contributed by atoms with Crippen molar-refractivity contribution in [3.63, 3.8) is 0 Å². The highest BCUT2D eigenvalue weighted by Crippen LogP contribution is 2.26. The second kappa shape index (κ2) is 6.79. The Kier molecular flexibility index (Phi) is 4.82. The summed E-state index contributed by atoms with van der Waals surface area (Å²) in [7, 11) is 1.60. The van der Waals surface area contributed by atoms with Gasteiger partial charge in [-0.3, -0.25) is 0 Å². The van der Waals surface area contributed by atoms with E-state index in [-0.39, 0.29) is 0 Å². The van der Waals surface area contributed by atoms with Crippen LogP contribution in [0.2, 0.25) is 0 Å². The van der Waals surface area contributed by atoms with Crippen LogP contribution in [0.25, 0.3) is 0 Å². The van der Waals surface area contributed by atoms with Crippen molar-refractivity contribution in [1.82, 2.24) is 0 Å². The Labute approximate surface area is 124 Å². The lowest BCUT2D eigenvalue weighted by Crippen LogP contribution is -2.04. The van der Waals surface area contributed by atoms with Crippen LogP contribution in [0.4, 0.5) is 0 Å². The van der Waals surface area contributed by atoms with E-state index < -0.39 is 0 Å². The number of oxime groups is 1. The van der Waals surface area contributed by atoms with Gasteiger partial charge in [-0.1, -0.05) is 29.4 Å². The van der Waals surface area contributed by atoms with E-state index in [9.17, 15) is 0 Å². The van der Waals surface area contributed by atoms with Crippen molar-refractivity contribution >= 4 is 5.71 Å². The van der Waals surface area contributed by atoms with Gasteiger partial charge in [0.15, 0.2) is 0 Å². The molecule has 0 saturated carbocycles. The Hall–Kier alpha value is -2.49. The topological polar surface area (TPSA) is 51.0 Å². The van der Waals surface area contributed by atoms with E-state index in [0.717, 1.165) is 11.1 Å². The molecule has 0 aliphatic rings. The van der Waals surface area contributed by atoms with Gasteiger partial charge in [-0.15, -0.1) is 0 Å². The molecular weight excluding hydrogens is 266 g/mol. The highest BCUT2D eigenvalue weighted by molar-refractivity contribution is 6.00. The average Bonchev–Trinajstić information content (AvgIpc) is 2.53. The summed E-state index contributed by atoms with van der Waals surface area (Å²) >= 11 is 0. The molecule has 0 unspecified atom stereocenters. The lowest BCUT2D eigenvalue weighted by molar-refractivity contribution is 0.300. The molecule has 0 spiro atoms. The summed E-state index contributed by atoms with van der Waals surface area (Å²) in [6, 6.07) is 13.5. The van der Waals surface area contributed by atoms with E-state index in [1.807, 2.05) is 43.3 Å². The Bertz CT molecular complexity index is 650. The third kappa shape index (κ3) is 3.54. The van der Waals surface area contributed by atoms with Crippen LogP contribution in [0.15, 0.2) is 47.6 Å². The van der Waals surface area contributed by atoms with Crippen LogP contribution in [0.3, 0.4) is 0 Å². The van der Waals surface area contributed by atoms with Crippen molar-refractivity contribution in [2.75, 3.05) is 7.11 Å². The molecule has 0 heterocycles. The molecular formula is C17H19NO3. The molecule has 0 amide bonds. The normalized spacial score (nSPS) is 11.3. The summed E-state index contributed by atoms with van der Waals surface area (Å²) in [5, 5.41) is 12.2. The molecule has 2 aromatic carbocycles. The molecule has 4 nitrogen and oxygen atoms in total. The summed E-state index contributed by atoms with van der Waals surface area (Å²) in [6.45, 7) is 4.22. The van der Waals surface area contributed by atoms with Gasteiger partial charge in [-0.05, 0) is 37.1 Å². The maximum Gasteiger partial charge on any atom is 0.132 e. The van der Waals surface area contributed by atoms with Gasteiger partial charge >= 0.3 is 0 Å². The fourth-order valence-electron chi connectivity index (χ4n) is 2.03. The van der Waals surface area contributed by atoms with Gasteiger partial charge < -0.3 is 14.7 Å². The van der Waals surface area contributed by atoms with Gasteiger partial charge in [0.1, 0.15) is 18.1 Å². The molecule has 0 saturated heterocycles. The summed E-state index contributed by atoms with van der Waals surface area (Å²) in [5.41, 5.74) is 3.53. The quantitative estimate of drug-likeness (QED) is 0.516. The van der Waals surface area contributed by atoms with E-state index >= 15 is 0 Å². The first-order chi connectivity index (χ1) is 10.2. The van der Waals surface area contributed by atoms with E-state index in [2.05, 4.69) is 5.16 Å². The number of nitrogens with zero attached hydrogens (tertiary/aromatic N) is 1. The van der Waals surface area contributed by atoms with E-state index in [1.54, 1.807) is 20.1 Å². The van der Waals surface area contributed by atoms with Gasteiger partial charge in [0.2, 0.25) is 0 Å². The maximum absolute atomic E-state index is 8.97. The molecule has 0 aromatic heterocycles. The van der Waals surface area contributed by atoms with Crippen molar-refractivity contribution in [3.8, 4) is 11.5 Å². The second-order valence-corrected chi connectivity index (χ2v) is 4.76. The lowest BCUT2D eigenvalue weighted by atomic mass is 10.1. The van der Waals surface area contributed by atoms with E-state index in [0.29, 0.717) is 23.8 Å². The number of ether oxygens (including phenoxy) is 2. The van der Waals surface area contributed by atoms with Crippen molar-refractivity contribution in [3.05, 3.63) is 59.2 Å². The van der Waals surface area contributed by atoms with Crippen LogP contribution in [0.1, 0.15) is 23.6 Å². The summed E-state index contributed by atoms with van der Waals surface area (Å²) in [6.07, 6.45) is 0. The molecule has 2 aromatic rings. The fraction of sp³-hybridized carbons (Fsp3) is 0.235. The molecule has 4 heteroatoms. The molecule has 0 radical (unpaired) electrons. The predicted octanol–water partition coefficient (Wildman–Crippen LogP) is 3.78. The molecule has 1 N–H and O–H groups in total. The molecule has 21 heavy (non-hydrogen) atoms. The Morgan fingerprint density at radius 2 is 1.95 bits per heavy atom. The minimum Gasteiger partial charge on any atom is -0.497 e. The Balaban J connectivity index is 2.27. The fourth-order valence-corrected chi connectivity index (χ4v) is 2.03. The Morgan fingerprint density at radius 1 is 1.19 bits per heavy atom. The van der Waals surface area contributed by atoms with Crippen LogP contribution in [0.5, 0.6) is 11.5 Å². The third-order valence-corrected chi connectivity index (χ3v) is 3.37. The van der Waals surface area contributed by atoms with Crippen molar-refractivity contribution in [2.45, 2.75) is 20.5 Å². The average molecular weight is 285 g/mol. The van der Waals surface area contributed by atoms with Crippen LogP contribution < -0.4 is 9.47 Å². The summed E-state index contributed by atoms with van der Waals surface area (Å²) in [4.78, 5) is 0. The first-order valence-corrected chi connectivity index (χ1v) is 6.70. The first-order valence-electron chi connectivity index (χ1n) is 6.70. The van der Waals surface area contributed by atoms with Crippen molar-refractivity contribution in [2.24, 2.45) is 5.16 Å². The van der Waals surface area contributed by atoms with Crippen LogP contribution in [-0.2, 0) is 6.61 Å². The monoisotopic (exact) mass is 285 g/mol. The zero-order valence-corrected chi connectivity index (χ0v) is 12.5. The van der Waals surface area contributed by atoms with Gasteiger partial charge in [0.25, 0.3) is 0 Å². The zero-order chi connectivity index (χ0) is 15.2. The van der Waals surface area contributed by atoms with E-state index in [4.69, 9.17) is 14.7 Å². The van der Waals surface area contributed by atoms with Crippen LogP contribution >= 0.6 is 0 Å².